The van der Waals surface area contributed by atoms with Crippen LogP contribution in [-0.2, 0) is 0 Å². The third-order valence-electron chi connectivity index (χ3n) is 3.35. The van der Waals surface area contributed by atoms with Gasteiger partial charge in [-0.1, -0.05) is 40.5 Å². The largest absolute Gasteiger partial charge is 0.196 e. The molecular weight excluding hydrogens is 224 g/mol. The number of azo groups is 1. The molecule has 2 unspecified atom stereocenters. The molecule has 0 saturated carbocycles. The van der Waals surface area contributed by atoms with Crippen molar-refractivity contribution in [1.29, 1.82) is 10.5 Å². The van der Waals surface area contributed by atoms with Crippen LogP contribution >= 0.6 is 0 Å². The standard InChI is InChI=1S/C14H24N4/c1-5-9-13(7-3,11-15)17-18-14(8-4,12-16)10-6-2/h5-10H2,1-4H3. The van der Waals surface area contributed by atoms with E-state index in [0.717, 1.165) is 12.8 Å². The molecule has 2 atom stereocenters. The second-order valence-electron chi connectivity index (χ2n) is 4.69. The number of hydrogen-bond acceptors (Lipinski definition) is 4. The first-order valence-electron chi connectivity index (χ1n) is 6.84. The summed E-state index contributed by atoms with van der Waals surface area (Å²) in [5, 5.41) is 27.1. The van der Waals surface area contributed by atoms with Crippen molar-refractivity contribution < 1.29 is 0 Å². The van der Waals surface area contributed by atoms with Crippen molar-refractivity contribution in [3.05, 3.63) is 0 Å². The maximum atomic E-state index is 9.29. The van der Waals surface area contributed by atoms with E-state index in [1.165, 1.54) is 0 Å². The molecule has 100 valence electrons. The van der Waals surface area contributed by atoms with Crippen LogP contribution in [0.2, 0.25) is 0 Å². The molecule has 0 N–H and O–H groups in total. The molecule has 0 amide bonds. The van der Waals surface area contributed by atoms with Gasteiger partial charge in [0.15, 0.2) is 11.1 Å². The SMILES string of the molecule is CCCC(C#N)(CC)N=NC(C#N)(CC)CCC. The van der Waals surface area contributed by atoms with Crippen molar-refractivity contribution in [3.8, 4) is 12.1 Å². The summed E-state index contributed by atoms with van der Waals surface area (Å²) >= 11 is 0. The lowest BCUT2D eigenvalue weighted by Gasteiger charge is -2.22. The number of nitrogens with zero attached hydrogens (tertiary/aromatic N) is 4. The zero-order chi connectivity index (χ0) is 14.1. The molecule has 0 aromatic rings. The van der Waals surface area contributed by atoms with Gasteiger partial charge in [-0.05, 0) is 25.7 Å². The summed E-state index contributed by atoms with van der Waals surface area (Å²) in [5.74, 6) is 0. The smallest absolute Gasteiger partial charge is 0.167 e. The van der Waals surface area contributed by atoms with Crippen LogP contribution in [0.3, 0.4) is 0 Å². The number of nitriles is 2. The predicted octanol–water partition coefficient (Wildman–Crippen LogP) is 4.38. The summed E-state index contributed by atoms with van der Waals surface area (Å²) in [5.41, 5.74) is -1.50. The maximum Gasteiger partial charge on any atom is 0.167 e. The molecule has 0 aliphatic heterocycles. The van der Waals surface area contributed by atoms with Gasteiger partial charge >= 0.3 is 0 Å². The molecule has 18 heavy (non-hydrogen) atoms. The van der Waals surface area contributed by atoms with Crippen molar-refractivity contribution in [2.24, 2.45) is 10.2 Å². The van der Waals surface area contributed by atoms with Crippen LogP contribution in [0.1, 0.15) is 66.2 Å². The lowest BCUT2D eigenvalue weighted by atomic mass is 9.92. The van der Waals surface area contributed by atoms with E-state index in [-0.39, 0.29) is 0 Å². The zero-order valence-electron chi connectivity index (χ0n) is 12.0. The van der Waals surface area contributed by atoms with Gasteiger partial charge in [0.05, 0.1) is 12.1 Å². The summed E-state index contributed by atoms with van der Waals surface area (Å²) in [6.07, 6.45) is 4.44. The highest BCUT2D eigenvalue weighted by Crippen LogP contribution is 2.27. The Bertz CT molecular complexity index is 316. The van der Waals surface area contributed by atoms with Gasteiger partial charge in [-0.25, -0.2) is 0 Å². The lowest BCUT2D eigenvalue weighted by molar-refractivity contribution is 0.394. The Morgan fingerprint density at radius 2 is 1.11 bits per heavy atom. The second kappa shape index (κ2) is 7.82. The molecule has 4 nitrogen and oxygen atoms in total. The number of rotatable bonds is 8. The zero-order valence-corrected chi connectivity index (χ0v) is 12.0. The van der Waals surface area contributed by atoms with Gasteiger partial charge in [0.1, 0.15) is 0 Å². The fourth-order valence-corrected chi connectivity index (χ4v) is 1.93. The summed E-state index contributed by atoms with van der Waals surface area (Å²) in [4.78, 5) is 0. The Morgan fingerprint density at radius 3 is 1.28 bits per heavy atom. The van der Waals surface area contributed by atoms with Crippen LogP contribution in [0, 0.1) is 22.7 Å². The molecular formula is C14H24N4. The molecule has 0 bridgehead atoms. The van der Waals surface area contributed by atoms with Gasteiger partial charge in [-0.2, -0.15) is 20.8 Å². The van der Waals surface area contributed by atoms with Crippen LogP contribution in [0.15, 0.2) is 10.2 Å². The minimum Gasteiger partial charge on any atom is -0.196 e. The van der Waals surface area contributed by atoms with E-state index < -0.39 is 11.1 Å². The van der Waals surface area contributed by atoms with Gasteiger partial charge in [0.25, 0.3) is 0 Å². The molecule has 4 heteroatoms. The Hall–Kier alpha value is -1.42. The van der Waals surface area contributed by atoms with E-state index in [1.807, 2.05) is 27.7 Å². The van der Waals surface area contributed by atoms with E-state index in [1.54, 1.807) is 0 Å². The first kappa shape index (κ1) is 16.6. The van der Waals surface area contributed by atoms with Crippen LogP contribution in [0.4, 0.5) is 0 Å². The second-order valence-corrected chi connectivity index (χ2v) is 4.69. The van der Waals surface area contributed by atoms with Crippen molar-refractivity contribution in [2.45, 2.75) is 77.3 Å². The molecule has 0 saturated heterocycles. The Kier molecular flexibility index (Phi) is 7.20. The third-order valence-corrected chi connectivity index (χ3v) is 3.35. The molecule has 0 aliphatic carbocycles. The predicted molar refractivity (Wildman–Crippen MR) is 71.9 cm³/mol. The molecule has 0 rings (SSSR count). The van der Waals surface area contributed by atoms with Gasteiger partial charge in [0, 0.05) is 0 Å². The molecule has 0 heterocycles. The topological polar surface area (TPSA) is 72.3 Å². The summed E-state index contributed by atoms with van der Waals surface area (Å²) in [6, 6.07) is 4.52. The monoisotopic (exact) mass is 248 g/mol. The van der Waals surface area contributed by atoms with Gasteiger partial charge in [-0.3, -0.25) is 0 Å². The first-order chi connectivity index (χ1) is 8.57. The summed E-state index contributed by atoms with van der Waals surface area (Å²) < 4.78 is 0. The van der Waals surface area contributed by atoms with Crippen molar-refractivity contribution >= 4 is 0 Å². The van der Waals surface area contributed by atoms with E-state index >= 15 is 0 Å². The highest BCUT2D eigenvalue weighted by molar-refractivity contribution is 5.09. The number of hydrogen-bond donors (Lipinski definition) is 0. The highest BCUT2D eigenvalue weighted by Gasteiger charge is 2.31. The van der Waals surface area contributed by atoms with Crippen molar-refractivity contribution in [1.82, 2.24) is 0 Å². The van der Waals surface area contributed by atoms with E-state index in [2.05, 4.69) is 22.4 Å². The molecule has 0 aliphatic rings. The van der Waals surface area contributed by atoms with Crippen LogP contribution < -0.4 is 0 Å². The van der Waals surface area contributed by atoms with Gasteiger partial charge in [-0.15, -0.1) is 0 Å². The molecule has 0 aromatic heterocycles. The van der Waals surface area contributed by atoms with Crippen molar-refractivity contribution in [2.75, 3.05) is 0 Å². The highest BCUT2D eigenvalue weighted by atomic mass is 15.2. The van der Waals surface area contributed by atoms with E-state index in [4.69, 9.17) is 0 Å². The summed E-state index contributed by atoms with van der Waals surface area (Å²) in [7, 11) is 0. The molecule has 0 radical (unpaired) electrons. The van der Waals surface area contributed by atoms with Gasteiger partial charge < -0.3 is 0 Å². The quantitative estimate of drug-likeness (QED) is 0.598. The van der Waals surface area contributed by atoms with E-state index in [0.29, 0.717) is 25.7 Å². The average molecular weight is 248 g/mol. The van der Waals surface area contributed by atoms with Crippen LogP contribution in [-0.4, -0.2) is 11.1 Å². The van der Waals surface area contributed by atoms with Crippen LogP contribution in [0.25, 0.3) is 0 Å². The fraction of sp³-hybridized carbons (Fsp3) is 0.857. The minimum absolute atomic E-state index is 0.637. The van der Waals surface area contributed by atoms with Crippen molar-refractivity contribution in [3.63, 3.8) is 0 Å². The Balaban J connectivity index is 5.17. The maximum absolute atomic E-state index is 9.29. The fourth-order valence-electron chi connectivity index (χ4n) is 1.93. The van der Waals surface area contributed by atoms with Gasteiger partial charge in [0.2, 0.25) is 0 Å². The summed E-state index contributed by atoms with van der Waals surface area (Å²) in [6.45, 7) is 7.94. The first-order valence-corrected chi connectivity index (χ1v) is 6.84. The molecule has 0 fully saturated rings. The normalized spacial score (nSPS) is 17.7. The third kappa shape index (κ3) is 4.11. The lowest BCUT2D eigenvalue weighted by Crippen LogP contribution is -2.27. The molecule has 0 aromatic carbocycles. The Morgan fingerprint density at radius 1 is 0.778 bits per heavy atom. The Labute approximate surface area is 111 Å². The minimum atomic E-state index is -0.750. The van der Waals surface area contributed by atoms with E-state index in [9.17, 15) is 10.5 Å². The van der Waals surface area contributed by atoms with Crippen LogP contribution in [0.5, 0.6) is 0 Å². The molecule has 0 spiro atoms. The average Bonchev–Trinajstić information content (AvgIpc) is 2.42.